The van der Waals surface area contributed by atoms with E-state index in [2.05, 4.69) is 66.1 Å². The van der Waals surface area contributed by atoms with Gasteiger partial charge in [0.1, 0.15) is 18.9 Å². The molecule has 1 heterocycles. The summed E-state index contributed by atoms with van der Waals surface area (Å²) in [6.07, 6.45) is 32.6. The first kappa shape index (κ1) is 29.7. The van der Waals surface area contributed by atoms with Crippen LogP contribution in [0.15, 0.2) is 42.7 Å². The number of unbranched alkanes of at least 4 members (excludes halogenated alkanes) is 16. The van der Waals surface area contributed by atoms with Crippen LogP contribution >= 0.6 is 0 Å². The zero-order valence-corrected chi connectivity index (χ0v) is 23.4. The summed E-state index contributed by atoms with van der Waals surface area (Å²) in [6, 6.07) is 10.9. The van der Waals surface area contributed by atoms with Gasteiger partial charge in [0.15, 0.2) is 0 Å². The Kier molecular flexibility index (Phi) is 17.5. The first-order valence-electron chi connectivity index (χ1n) is 15.5. The van der Waals surface area contributed by atoms with Gasteiger partial charge in [-0.25, -0.2) is 9.55 Å². The Labute approximate surface area is 218 Å². The SMILES string of the molecule is CCCCCCCCCCCCCCCCC[C@H](CCCCC)c1[nH]cc[n+]1Cc1ccccc1. The number of imidazole rings is 1. The molecule has 1 N–H and O–H groups in total. The van der Waals surface area contributed by atoms with Crippen LogP contribution in [0, 0.1) is 0 Å². The molecule has 1 aromatic carbocycles. The third-order valence-corrected chi connectivity index (χ3v) is 7.69. The maximum Gasteiger partial charge on any atom is 0.257 e. The van der Waals surface area contributed by atoms with Crippen molar-refractivity contribution in [2.24, 2.45) is 0 Å². The summed E-state index contributed by atoms with van der Waals surface area (Å²) in [7, 11) is 0. The van der Waals surface area contributed by atoms with Crippen molar-refractivity contribution in [3.8, 4) is 0 Å². The molecule has 0 aliphatic rings. The van der Waals surface area contributed by atoms with Crippen molar-refractivity contribution in [2.75, 3.05) is 0 Å². The van der Waals surface area contributed by atoms with E-state index in [1.54, 1.807) is 0 Å². The van der Waals surface area contributed by atoms with Gasteiger partial charge >= 0.3 is 0 Å². The molecule has 2 nitrogen and oxygen atoms in total. The highest BCUT2D eigenvalue weighted by Crippen LogP contribution is 2.26. The Bertz CT molecular complexity index is 705. The molecule has 0 bridgehead atoms. The molecule has 1 aromatic heterocycles. The minimum Gasteiger partial charge on any atom is -0.247 e. The molecule has 35 heavy (non-hydrogen) atoms. The number of rotatable bonds is 23. The topological polar surface area (TPSA) is 19.7 Å². The summed E-state index contributed by atoms with van der Waals surface area (Å²) in [4.78, 5) is 3.62. The highest BCUT2D eigenvalue weighted by Gasteiger charge is 2.22. The van der Waals surface area contributed by atoms with E-state index in [1.807, 2.05) is 0 Å². The molecule has 2 aromatic rings. The quantitative estimate of drug-likeness (QED) is 0.120. The lowest BCUT2D eigenvalue weighted by molar-refractivity contribution is -0.695. The molecule has 2 rings (SSSR count). The largest absolute Gasteiger partial charge is 0.257 e. The van der Waals surface area contributed by atoms with Crippen LogP contribution in [0.4, 0.5) is 0 Å². The van der Waals surface area contributed by atoms with Crippen molar-refractivity contribution < 1.29 is 4.57 Å². The van der Waals surface area contributed by atoms with Crippen LogP contribution in [0.3, 0.4) is 0 Å². The molecule has 0 spiro atoms. The molecular weight excluding hydrogens is 424 g/mol. The monoisotopic (exact) mass is 481 g/mol. The van der Waals surface area contributed by atoms with Gasteiger partial charge in [0, 0.05) is 0 Å². The van der Waals surface area contributed by atoms with Crippen LogP contribution in [0.5, 0.6) is 0 Å². The number of hydrogen-bond donors (Lipinski definition) is 1. The van der Waals surface area contributed by atoms with Gasteiger partial charge in [0.2, 0.25) is 0 Å². The number of nitrogens with one attached hydrogen (secondary N) is 1. The zero-order valence-electron chi connectivity index (χ0n) is 23.4. The second kappa shape index (κ2) is 20.6. The molecule has 0 saturated heterocycles. The molecule has 0 amide bonds. The minimum atomic E-state index is 0.669. The number of aromatic amines is 1. The van der Waals surface area contributed by atoms with Gasteiger partial charge in [-0.2, -0.15) is 0 Å². The summed E-state index contributed by atoms with van der Waals surface area (Å²) in [5, 5.41) is 0. The van der Waals surface area contributed by atoms with Gasteiger partial charge in [-0.05, 0) is 18.4 Å². The van der Waals surface area contributed by atoms with E-state index in [0.29, 0.717) is 5.92 Å². The molecule has 0 aliphatic carbocycles. The highest BCUT2D eigenvalue weighted by molar-refractivity contribution is 5.13. The fourth-order valence-electron chi connectivity index (χ4n) is 5.47. The van der Waals surface area contributed by atoms with Gasteiger partial charge in [0.05, 0.1) is 5.92 Å². The number of aromatic nitrogens is 2. The Morgan fingerprint density at radius 3 is 1.60 bits per heavy atom. The third-order valence-electron chi connectivity index (χ3n) is 7.69. The van der Waals surface area contributed by atoms with E-state index in [4.69, 9.17) is 0 Å². The summed E-state index contributed by atoms with van der Waals surface area (Å²) >= 11 is 0. The average Bonchev–Trinajstić information content (AvgIpc) is 3.33. The van der Waals surface area contributed by atoms with Gasteiger partial charge < -0.3 is 0 Å². The van der Waals surface area contributed by atoms with Gasteiger partial charge in [-0.15, -0.1) is 0 Å². The summed E-state index contributed by atoms with van der Waals surface area (Å²) < 4.78 is 2.46. The second-order valence-electron chi connectivity index (χ2n) is 10.9. The molecule has 0 unspecified atom stereocenters. The predicted molar refractivity (Wildman–Crippen MR) is 153 cm³/mol. The van der Waals surface area contributed by atoms with Crippen molar-refractivity contribution >= 4 is 0 Å². The smallest absolute Gasteiger partial charge is 0.247 e. The molecular formula is C33H57N2+. The number of hydrogen-bond acceptors (Lipinski definition) is 0. The van der Waals surface area contributed by atoms with Crippen molar-refractivity contribution in [3.63, 3.8) is 0 Å². The Balaban J connectivity index is 1.59. The third kappa shape index (κ3) is 13.9. The molecule has 0 fully saturated rings. The molecule has 1 atom stereocenters. The van der Waals surface area contributed by atoms with E-state index in [9.17, 15) is 0 Å². The summed E-state index contributed by atoms with van der Waals surface area (Å²) in [6.45, 7) is 5.59. The average molecular weight is 482 g/mol. The first-order chi connectivity index (χ1) is 17.3. The number of H-pyrrole nitrogens is 1. The predicted octanol–water partition coefficient (Wildman–Crippen LogP) is 10.3. The van der Waals surface area contributed by atoms with Crippen molar-refractivity contribution in [3.05, 3.63) is 54.1 Å². The van der Waals surface area contributed by atoms with Gasteiger partial charge in [-0.1, -0.05) is 160 Å². The standard InChI is InChI=1S/C33H56N2/c1-3-5-7-8-9-10-11-12-13-14-15-16-17-18-23-27-32(26-20-6-4-2)33-34-28-29-35(33)30-31-24-21-19-22-25-31/h19,21-22,24-25,28-29,32H,3-18,20,23,26-27,30H2,1-2H3/p+1/t32-/m0/s1. The molecule has 2 heteroatoms. The molecule has 0 radical (unpaired) electrons. The Morgan fingerprint density at radius 2 is 1.06 bits per heavy atom. The Morgan fingerprint density at radius 1 is 0.600 bits per heavy atom. The molecule has 0 aliphatic heterocycles. The van der Waals surface area contributed by atoms with E-state index >= 15 is 0 Å². The first-order valence-corrected chi connectivity index (χ1v) is 15.5. The molecule has 0 saturated carbocycles. The van der Waals surface area contributed by atoms with Crippen LogP contribution in [0.25, 0.3) is 0 Å². The van der Waals surface area contributed by atoms with Crippen LogP contribution in [0.1, 0.15) is 160 Å². The summed E-state index contributed by atoms with van der Waals surface area (Å²) in [5.74, 6) is 2.11. The van der Waals surface area contributed by atoms with Crippen molar-refractivity contribution in [2.45, 2.75) is 155 Å². The van der Waals surface area contributed by atoms with Crippen molar-refractivity contribution in [1.82, 2.24) is 4.98 Å². The number of nitrogens with zero attached hydrogens (tertiary/aromatic N) is 1. The van der Waals surface area contributed by atoms with E-state index in [0.717, 1.165) is 6.54 Å². The lowest BCUT2D eigenvalue weighted by Gasteiger charge is -2.14. The van der Waals surface area contributed by atoms with Crippen LogP contribution < -0.4 is 4.57 Å². The second-order valence-corrected chi connectivity index (χ2v) is 10.9. The summed E-state index contributed by atoms with van der Waals surface area (Å²) in [5.41, 5.74) is 1.39. The fourth-order valence-corrected chi connectivity index (χ4v) is 5.47. The normalized spacial score (nSPS) is 12.3. The Hall–Kier alpha value is -1.57. The van der Waals surface area contributed by atoms with Gasteiger partial charge in [-0.3, -0.25) is 0 Å². The minimum absolute atomic E-state index is 0.669. The maximum atomic E-state index is 3.62. The van der Waals surface area contributed by atoms with Crippen LogP contribution in [0.2, 0.25) is 0 Å². The van der Waals surface area contributed by atoms with E-state index in [-0.39, 0.29) is 0 Å². The highest BCUT2D eigenvalue weighted by atomic mass is 15.1. The van der Waals surface area contributed by atoms with Gasteiger partial charge in [0.25, 0.3) is 5.82 Å². The molecule has 198 valence electrons. The van der Waals surface area contributed by atoms with E-state index < -0.39 is 0 Å². The fraction of sp³-hybridized carbons (Fsp3) is 0.727. The van der Waals surface area contributed by atoms with E-state index in [1.165, 1.54) is 140 Å². The van der Waals surface area contributed by atoms with Crippen LogP contribution in [-0.2, 0) is 6.54 Å². The van der Waals surface area contributed by atoms with Crippen LogP contribution in [-0.4, -0.2) is 4.98 Å². The number of benzene rings is 1. The lowest BCUT2D eigenvalue weighted by atomic mass is 9.93. The maximum absolute atomic E-state index is 3.62. The van der Waals surface area contributed by atoms with Crippen molar-refractivity contribution in [1.29, 1.82) is 0 Å². The lowest BCUT2D eigenvalue weighted by Crippen LogP contribution is -2.38. The zero-order chi connectivity index (χ0) is 24.8.